The van der Waals surface area contributed by atoms with Gasteiger partial charge in [-0.15, -0.1) is 0 Å². The number of benzene rings is 1. The third-order valence-corrected chi connectivity index (χ3v) is 7.67. The average molecular weight is 501 g/mol. The van der Waals surface area contributed by atoms with Crippen molar-refractivity contribution in [1.82, 2.24) is 4.90 Å². The smallest absolute Gasteiger partial charge is 0.222 e. The van der Waals surface area contributed by atoms with Crippen molar-refractivity contribution in [3.63, 3.8) is 0 Å². The van der Waals surface area contributed by atoms with Crippen molar-refractivity contribution in [3.05, 3.63) is 29.3 Å². The molecule has 1 amide bonds. The third-order valence-electron chi connectivity index (χ3n) is 5.07. The summed E-state index contributed by atoms with van der Waals surface area (Å²) >= 11 is 0. The highest BCUT2D eigenvalue weighted by atomic mass is 33.1. The Morgan fingerprint density at radius 2 is 1.79 bits per heavy atom. The van der Waals surface area contributed by atoms with E-state index in [0.29, 0.717) is 26.2 Å². The zero-order valence-electron chi connectivity index (χ0n) is 21.4. The molecule has 1 aromatic carbocycles. The highest BCUT2D eigenvalue weighted by Crippen LogP contribution is 2.34. The highest BCUT2D eigenvalue weighted by molar-refractivity contribution is 8.76. The zero-order chi connectivity index (χ0) is 24.7. The lowest BCUT2D eigenvalue weighted by atomic mass is 10.1. The summed E-state index contributed by atoms with van der Waals surface area (Å²) in [5, 5.41) is 9.62. The lowest BCUT2D eigenvalue weighted by Gasteiger charge is -2.29. The van der Waals surface area contributed by atoms with Crippen LogP contribution in [0.1, 0.15) is 51.2 Å². The summed E-state index contributed by atoms with van der Waals surface area (Å²) in [6.07, 6.45) is 4.35. The molecule has 0 atom stereocenters. The predicted molar refractivity (Wildman–Crippen MR) is 143 cm³/mol. The van der Waals surface area contributed by atoms with Crippen LogP contribution < -0.4 is 4.90 Å². The van der Waals surface area contributed by atoms with Gasteiger partial charge in [-0.1, -0.05) is 34.6 Å². The van der Waals surface area contributed by atoms with Gasteiger partial charge in [0.2, 0.25) is 5.91 Å². The molecule has 0 radical (unpaired) electrons. The molecular formula is C25H44N2O4S2. The van der Waals surface area contributed by atoms with E-state index in [1.165, 1.54) is 0 Å². The number of aliphatic hydroxyl groups excluding tert-OH is 1. The monoisotopic (exact) mass is 500 g/mol. The molecule has 1 N–H and O–H groups in total. The van der Waals surface area contributed by atoms with Crippen LogP contribution in [-0.2, 0) is 20.9 Å². The molecule has 190 valence electrons. The average Bonchev–Trinajstić information content (AvgIpc) is 2.76. The summed E-state index contributed by atoms with van der Waals surface area (Å²) in [5.41, 5.74) is 3.07. The lowest BCUT2D eigenvalue weighted by molar-refractivity contribution is -0.130. The number of rotatable bonds is 18. The fraction of sp³-hybridized carbons (Fsp3) is 0.720. The van der Waals surface area contributed by atoms with Crippen LogP contribution in [0.2, 0.25) is 0 Å². The third kappa shape index (κ3) is 12.9. The summed E-state index contributed by atoms with van der Waals surface area (Å²) in [6, 6.07) is 6.14. The van der Waals surface area contributed by atoms with Crippen molar-refractivity contribution in [2.75, 3.05) is 64.3 Å². The van der Waals surface area contributed by atoms with Gasteiger partial charge < -0.3 is 24.4 Å². The minimum Gasteiger partial charge on any atom is -0.392 e. The fourth-order valence-electron chi connectivity index (χ4n) is 3.65. The van der Waals surface area contributed by atoms with Gasteiger partial charge in [0.1, 0.15) is 0 Å². The van der Waals surface area contributed by atoms with Gasteiger partial charge in [0, 0.05) is 50.1 Å². The van der Waals surface area contributed by atoms with Gasteiger partial charge in [-0.05, 0) is 63.1 Å². The van der Waals surface area contributed by atoms with Gasteiger partial charge in [-0.3, -0.25) is 4.79 Å². The maximum absolute atomic E-state index is 12.7. The van der Waals surface area contributed by atoms with E-state index in [1.54, 1.807) is 21.6 Å². The van der Waals surface area contributed by atoms with E-state index in [2.05, 4.69) is 38.0 Å². The minimum absolute atomic E-state index is 0.0148. The minimum atomic E-state index is 0.0148. The highest BCUT2D eigenvalue weighted by Gasteiger charge is 2.23. The Labute approximate surface area is 209 Å². The first-order valence-corrected chi connectivity index (χ1v) is 14.4. The van der Waals surface area contributed by atoms with Crippen molar-refractivity contribution in [2.24, 2.45) is 0 Å². The maximum atomic E-state index is 12.7. The summed E-state index contributed by atoms with van der Waals surface area (Å²) in [7, 11) is 5.43. The van der Waals surface area contributed by atoms with Crippen LogP contribution in [0.15, 0.2) is 18.2 Å². The molecule has 0 aliphatic heterocycles. The van der Waals surface area contributed by atoms with Gasteiger partial charge in [0.25, 0.3) is 0 Å². The molecule has 0 spiro atoms. The number of aryl methyl sites for hydroxylation is 1. The first-order valence-electron chi connectivity index (χ1n) is 11.8. The van der Waals surface area contributed by atoms with Gasteiger partial charge in [0.15, 0.2) is 0 Å². The predicted octanol–water partition coefficient (Wildman–Crippen LogP) is 4.77. The molecular weight excluding hydrogens is 456 g/mol. The molecule has 1 rings (SSSR count). The van der Waals surface area contributed by atoms with Crippen LogP contribution >= 0.6 is 21.6 Å². The number of anilines is 1. The normalized spacial score (nSPS) is 11.6. The molecule has 1 aromatic rings. The Balaban J connectivity index is 2.65. The SMILES string of the molecule is CCCOCCOCCN(CCCC(=O)N(C)CC(C)(C)SSC)c1cc(C)cc(CO)c1. The van der Waals surface area contributed by atoms with Crippen LogP contribution in [0.25, 0.3) is 0 Å². The molecule has 0 heterocycles. The molecule has 0 saturated carbocycles. The summed E-state index contributed by atoms with van der Waals surface area (Å²) < 4.78 is 11.3. The number of amides is 1. The number of hydrogen-bond donors (Lipinski definition) is 1. The number of aliphatic hydroxyl groups is 1. The van der Waals surface area contributed by atoms with Crippen LogP contribution in [0.5, 0.6) is 0 Å². The van der Waals surface area contributed by atoms with Crippen molar-refractivity contribution >= 4 is 33.2 Å². The second-order valence-electron chi connectivity index (χ2n) is 8.91. The van der Waals surface area contributed by atoms with E-state index < -0.39 is 0 Å². The quantitative estimate of drug-likeness (QED) is 0.230. The molecule has 0 aliphatic carbocycles. The van der Waals surface area contributed by atoms with Crippen LogP contribution in [0, 0.1) is 6.92 Å². The fourth-order valence-corrected chi connectivity index (χ4v) is 5.86. The molecule has 0 saturated heterocycles. The Morgan fingerprint density at radius 3 is 2.42 bits per heavy atom. The number of ether oxygens (including phenoxy) is 2. The summed E-state index contributed by atoms with van der Waals surface area (Å²) in [6.45, 7) is 13.2. The summed E-state index contributed by atoms with van der Waals surface area (Å²) in [4.78, 5) is 16.8. The van der Waals surface area contributed by atoms with Crippen LogP contribution in [0.4, 0.5) is 5.69 Å². The van der Waals surface area contributed by atoms with Gasteiger partial charge >= 0.3 is 0 Å². The first-order chi connectivity index (χ1) is 15.7. The largest absolute Gasteiger partial charge is 0.392 e. The van der Waals surface area contributed by atoms with Gasteiger partial charge in [-0.2, -0.15) is 0 Å². The van der Waals surface area contributed by atoms with Crippen molar-refractivity contribution < 1.29 is 19.4 Å². The van der Waals surface area contributed by atoms with Crippen molar-refractivity contribution in [1.29, 1.82) is 0 Å². The van der Waals surface area contributed by atoms with Gasteiger partial charge in [0.05, 0.1) is 26.4 Å². The van der Waals surface area contributed by atoms with Crippen LogP contribution in [0.3, 0.4) is 0 Å². The second-order valence-corrected chi connectivity index (χ2v) is 12.0. The molecule has 0 unspecified atom stereocenters. The number of carbonyl (C=O) groups is 1. The Hall–Kier alpha value is -0.930. The van der Waals surface area contributed by atoms with Crippen molar-refractivity contribution in [3.8, 4) is 0 Å². The van der Waals surface area contributed by atoms with E-state index >= 15 is 0 Å². The standard InChI is InChI=1S/C25H44N2O4S2/c1-7-12-30-14-15-31-13-11-27(23-17-21(2)16-22(18-23)19-28)10-8-9-24(29)26(5)20-25(3,4)33-32-6/h16-18,28H,7-15,19-20H2,1-6H3. The van der Waals surface area contributed by atoms with Crippen molar-refractivity contribution in [2.45, 2.75) is 58.3 Å². The van der Waals surface area contributed by atoms with E-state index in [1.807, 2.05) is 31.0 Å². The molecule has 0 bridgehead atoms. The zero-order valence-corrected chi connectivity index (χ0v) is 23.0. The molecule has 0 aromatic heterocycles. The molecule has 6 nitrogen and oxygen atoms in total. The van der Waals surface area contributed by atoms with Crippen LogP contribution in [-0.4, -0.2) is 80.0 Å². The maximum Gasteiger partial charge on any atom is 0.222 e. The number of hydrogen-bond acceptors (Lipinski definition) is 7. The lowest BCUT2D eigenvalue weighted by Crippen LogP contribution is -2.38. The topological polar surface area (TPSA) is 62.2 Å². The van der Waals surface area contributed by atoms with E-state index in [-0.39, 0.29) is 17.3 Å². The van der Waals surface area contributed by atoms with E-state index in [4.69, 9.17) is 9.47 Å². The second kappa shape index (κ2) is 16.7. The Bertz CT molecular complexity index is 688. The first kappa shape index (κ1) is 30.1. The molecule has 8 heteroatoms. The Morgan fingerprint density at radius 1 is 1.09 bits per heavy atom. The number of carbonyl (C=O) groups excluding carboxylic acids is 1. The van der Waals surface area contributed by atoms with E-state index in [0.717, 1.165) is 55.9 Å². The Kier molecular flexibility index (Phi) is 15.2. The number of nitrogens with zero attached hydrogens (tertiary/aromatic N) is 2. The molecule has 0 aliphatic rings. The molecule has 0 fully saturated rings. The van der Waals surface area contributed by atoms with E-state index in [9.17, 15) is 9.90 Å². The molecule has 33 heavy (non-hydrogen) atoms. The summed E-state index contributed by atoms with van der Waals surface area (Å²) in [5.74, 6) is 0.175. The van der Waals surface area contributed by atoms with Gasteiger partial charge in [-0.25, -0.2) is 0 Å².